The molecule has 0 amide bonds. The van der Waals surface area contributed by atoms with Gasteiger partial charge in [-0.3, -0.25) is 4.90 Å². The summed E-state index contributed by atoms with van der Waals surface area (Å²) in [5, 5.41) is 8.88. The highest BCUT2D eigenvalue weighted by Gasteiger charge is 2.58. The molecule has 5 aliphatic rings. The van der Waals surface area contributed by atoms with Crippen LogP contribution in [-0.4, -0.2) is 28.6 Å². The molecule has 0 spiro atoms. The van der Waals surface area contributed by atoms with Crippen LogP contribution in [0.3, 0.4) is 0 Å². The van der Waals surface area contributed by atoms with Gasteiger partial charge in [0.15, 0.2) is 0 Å². The summed E-state index contributed by atoms with van der Waals surface area (Å²) in [6.45, 7) is 3.06. The van der Waals surface area contributed by atoms with Crippen molar-refractivity contribution in [3.63, 3.8) is 0 Å². The van der Waals surface area contributed by atoms with Crippen LogP contribution in [-0.2, 0) is 11.2 Å². The van der Waals surface area contributed by atoms with E-state index >= 15 is 8.78 Å². The number of carboxylic acids is 1. The molecule has 170 valence electrons. The van der Waals surface area contributed by atoms with Gasteiger partial charge >= 0.3 is 5.97 Å². The largest absolute Gasteiger partial charge is 0.478 e. The molecule has 3 saturated carbocycles. The summed E-state index contributed by atoms with van der Waals surface area (Å²) in [5.41, 5.74) is 5.44. The van der Waals surface area contributed by atoms with Crippen LogP contribution in [0.4, 0.5) is 8.78 Å². The van der Waals surface area contributed by atoms with Crippen LogP contribution in [0.25, 0.3) is 11.6 Å². The molecule has 0 radical (unpaired) electrons. The number of rotatable bonds is 5. The number of hydrogen-bond acceptors (Lipinski definition) is 2. The monoisotopic (exact) mass is 447 g/mol. The van der Waals surface area contributed by atoms with Gasteiger partial charge in [0, 0.05) is 24.2 Å². The zero-order valence-corrected chi connectivity index (χ0v) is 18.7. The highest BCUT2D eigenvalue weighted by molar-refractivity contribution is 5.85. The van der Waals surface area contributed by atoms with E-state index in [1.165, 1.54) is 54.2 Å². The standard InChI is InChI=1S/C28H27F2NO2/c1-16-8-21-20-5-3-2-4-19(20)11-22(21)27(31(16)15-28-12-18(13-28)14-28)26-23(29)9-17(10-24(26)30)6-7-25(32)33/h2-7,9-10,16,18,27H,8,11-15H2,1H3,(H,32,33)/b7-6+/t16-,18?,27-,28?/m1/s1. The van der Waals surface area contributed by atoms with E-state index in [0.29, 0.717) is 11.8 Å². The van der Waals surface area contributed by atoms with Gasteiger partial charge in [-0.05, 0) is 96.4 Å². The molecule has 5 heteroatoms. The van der Waals surface area contributed by atoms with Gasteiger partial charge in [-0.1, -0.05) is 24.3 Å². The second kappa shape index (κ2) is 7.36. The Balaban J connectivity index is 1.46. The summed E-state index contributed by atoms with van der Waals surface area (Å²) in [5.74, 6) is -1.51. The first-order valence-electron chi connectivity index (χ1n) is 11.8. The van der Waals surface area contributed by atoms with Crippen LogP contribution in [0.5, 0.6) is 0 Å². The fourth-order valence-electron chi connectivity index (χ4n) is 6.78. The lowest BCUT2D eigenvalue weighted by atomic mass is 9.44. The Morgan fingerprint density at radius 3 is 2.52 bits per heavy atom. The molecule has 7 rings (SSSR count). The number of benzene rings is 2. The third-order valence-corrected chi connectivity index (χ3v) is 8.31. The van der Waals surface area contributed by atoms with Crippen LogP contribution in [0, 0.1) is 23.0 Å². The predicted octanol–water partition coefficient (Wildman–Crippen LogP) is 6.01. The molecular weight excluding hydrogens is 420 g/mol. The van der Waals surface area contributed by atoms with Gasteiger partial charge in [0.25, 0.3) is 0 Å². The van der Waals surface area contributed by atoms with Crippen LogP contribution in [0.1, 0.15) is 60.9 Å². The minimum Gasteiger partial charge on any atom is -0.478 e. The van der Waals surface area contributed by atoms with Gasteiger partial charge in [0.05, 0.1) is 6.04 Å². The Bertz CT molecular complexity index is 1190. The summed E-state index contributed by atoms with van der Waals surface area (Å²) >= 11 is 0. The molecule has 33 heavy (non-hydrogen) atoms. The smallest absolute Gasteiger partial charge is 0.328 e. The lowest BCUT2D eigenvalue weighted by Crippen LogP contribution is -2.59. The van der Waals surface area contributed by atoms with Gasteiger partial charge in [-0.15, -0.1) is 0 Å². The third kappa shape index (κ3) is 3.28. The second-order valence-electron chi connectivity index (χ2n) is 10.5. The number of carboxylic acid groups (broad SMARTS) is 1. The highest BCUT2D eigenvalue weighted by Crippen LogP contribution is 2.65. The summed E-state index contributed by atoms with van der Waals surface area (Å²) in [7, 11) is 0. The number of carbonyl (C=O) groups is 1. The molecule has 2 aromatic rings. The van der Waals surface area contributed by atoms with E-state index in [0.717, 1.165) is 30.5 Å². The van der Waals surface area contributed by atoms with Gasteiger partial charge in [-0.25, -0.2) is 13.6 Å². The maximum absolute atomic E-state index is 15.6. The first kappa shape index (κ1) is 20.8. The predicted molar refractivity (Wildman–Crippen MR) is 123 cm³/mol. The maximum Gasteiger partial charge on any atom is 0.328 e. The SMILES string of the molecule is C[C@@H]1CC2=C(Cc3ccccc32)[C@H](c2c(F)cc(/C=C/C(=O)O)cc2F)N1CC12CC(C1)C2. The number of fused-ring (bicyclic) bond motifs is 2. The van der Waals surface area contributed by atoms with E-state index in [1.807, 2.05) is 12.1 Å². The molecule has 4 aliphatic carbocycles. The van der Waals surface area contributed by atoms with Gasteiger partial charge in [0.1, 0.15) is 11.6 Å². The molecule has 1 aliphatic heterocycles. The number of halogens is 2. The van der Waals surface area contributed by atoms with Crippen molar-refractivity contribution in [3.8, 4) is 0 Å². The number of nitrogens with zero attached hydrogens (tertiary/aromatic N) is 1. The van der Waals surface area contributed by atoms with E-state index in [4.69, 9.17) is 5.11 Å². The van der Waals surface area contributed by atoms with Crippen molar-refractivity contribution in [1.29, 1.82) is 0 Å². The molecule has 3 nitrogen and oxygen atoms in total. The molecule has 2 bridgehead atoms. The Kier molecular flexibility index (Phi) is 4.64. The van der Waals surface area contributed by atoms with Gasteiger partial charge in [0.2, 0.25) is 0 Å². The van der Waals surface area contributed by atoms with Crippen LogP contribution < -0.4 is 0 Å². The Labute approximate surface area is 192 Å². The maximum atomic E-state index is 15.6. The van der Waals surface area contributed by atoms with Crippen LogP contribution in [0.2, 0.25) is 0 Å². The summed E-state index contributed by atoms with van der Waals surface area (Å²) in [4.78, 5) is 13.2. The first-order chi connectivity index (χ1) is 15.8. The van der Waals surface area contributed by atoms with Crippen molar-refractivity contribution in [1.82, 2.24) is 4.90 Å². The Morgan fingerprint density at radius 1 is 1.18 bits per heavy atom. The van der Waals surface area contributed by atoms with Crippen molar-refractivity contribution in [2.75, 3.05) is 6.54 Å². The third-order valence-electron chi connectivity index (χ3n) is 8.31. The van der Waals surface area contributed by atoms with Gasteiger partial charge in [-0.2, -0.15) is 0 Å². The summed E-state index contributed by atoms with van der Waals surface area (Å²) < 4.78 is 31.1. The topological polar surface area (TPSA) is 40.5 Å². The first-order valence-corrected chi connectivity index (χ1v) is 11.8. The Hall–Kier alpha value is -2.79. The van der Waals surface area contributed by atoms with Crippen molar-refractivity contribution in [2.24, 2.45) is 11.3 Å². The van der Waals surface area contributed by atoms with E-state index in [2.05, 4.69) is 24.0 Å². The quantitative estimate of drug-likeness (QED) is 0.571. The average Bonchev–Trinajstić information content (AvgIpc) is 3.07. The molecule has 0 unspecified atom stereocenters. The lowest BCUT2D eigenvalue weighted by Gasteiger charge is -2.64. The highest BCUT2D eigenvalue weighted by atomic mass is 19.1. The van der Waals surface area contributed by atoms with Gasteiger partial charge < -0.3 is 5.11 Å². The molecule has 2 aromatic carbocycles. The van der Waals surface area contributed by atoms with E-state index < -0.39 is 23.6 Å². The molecule has 1 heterocycles. The normalized spacial score (nSPS) is 30.1. The van der Waals surface area contributed by atoms with E-state index in [-0.39, 0.29) is 17.2 Å². The van der Waals surface area contributed by atoms with Crippen molar-refractivity contribution < 1.29 is 18.7 Å². The van der Waals surface area contributed by atoms with Crippen LogP contribution in [0.15, 0.2) is 48.0 Å². The number of hydrogen-bond donors (Lipinski definition) is 1. The lowest BCUT2D eigenvalue weighted by molar-refractivity contribution is -0.134. The second-order valence-corrected chi connectivity index (χ2v) is 10.5. The minimum atomic E-state index is -1.15. The summed E-state index contributed by atoms with van der Waals surface area (Å²) in [6.07, 6.45) is 7.45. The molecule has 3 fully saturated rings. The molecule has 0 aromatic heterocycles. The van der Waals surface area contributed by atoms with Crippen LogP contribution >= 0.6 is 0 Å². The zero-order chi connectivity index (χ0) is 22.9. The average molecular weight is 448 g/mol. The number of aliphatic carboxylic acids is 1. The molecule has 1 N–H and O–H groups in total. The molecule has 0 saturated heterocycles. The fraction of sp³-hybridized carbons (Fsp3) is 0.393. The van der Waals surface area contributed by atoms with Crippen molar-refractivity contribution in [3.05, 3.63) is 81.9 Å². The summed E-state index contributed by atoms with van der Waals surface area (Å²) in [6, 6.07) is 10.6. The van der Waals surface area contributed by atoms with E-state index in [1.54, 1.807) is 0 Å². The molecular formula is C28H27F2NO2. The fourth-order valence-corrected chi connectivity index (χ4v) is 6.78. The van der Waals surface area contributed by atoms with Crippen molar-refractivity contribution >= 4 is 17.6 Å². The molecule has 2 atom stereocenters. The minimum absolute atomic E-state index is 0.0981. The van der Waals surface area contributed by atoms with Crippen molar-refractivity contribution in [2.45, 2.75) is 51.1 Å². The zero-order valence-electron chi connectivity index (χ0n) is 18.7. The van der Waals surface area contributed by atoms with E-state index in [9.17, 15) is 4.79 Å². The Morgan fingerprint density at radius 2 is 1.88 bits per heavy atom.